The van der Waals surface area contributed by atoms with Crippen LogP contribution in [0.4, 0.5) is 0 Å². The van der Waals surface area contributed by atoms with Gasteiger partial charge in [-0.05, 0) is 36.9 Å². The molecule has 1 aromatic heterocycles. The first kappa shape index (κ1) is 14.3. The lowest BCUT2D eigenvalue weighted by Crippen LogP contribution is -2.16. The van der Waals surface area contributed by atoms with Crippen LogP contribution in [0.1, 0.15) is 30.6 Å². The molecule has 1 heterocycles. The first-order valence-electron chi connectivity index (χ1n) is 6.74. The highest BCUT2D eigenvalue weighted by atomic mass is 16.5. The zero-order valence-corrected chi connectivity index (χ0v) is 12.1. The number of aromatic nitrogens is 1. The summed E-state index contributed by atoms with van der Waals surface area (Å²) in [7, 11) is 1.37. The fraction of sp³-hybridized carbons (Fsp3) is 0.375. The van der Waals surface area contributed by atoms with Gasteiger partial charge >= 0.3 is 5.97 Å². The Morgan fingerprint density at radius 3 is 2.65 bits per heavy atom. The molecule has 20 heavy (non-hydrogen) atoms. The Morgan fingerprint density at radius 1 is 1.30 bits per heavy atom. The van der Waals surface area contributed by atoms with Crippen LogP contribution < -0.4 is 0 Å². The molecule has 2 aromatic rings. The summed E-state index contributed by atoms with van der Waals surface area (Å²) in [6.07, 6.45) is 2.77. The molecule has 1 unspecified atom stereocenters. The molecule has 0 amide bonds. The molecule has 0 N–H and O–H groups in total. The highest BCUT2D eigenvalue weighted by Gasteiger charge is 2.14. The molecule has 1 aromatic carbocycles. The SMILES string of the molecule is CCC(Cn1ccc2ccc(C(=O)OC)cc21)C(C)=O. The van der Waals surface area contributed by atoms with Crippen LogP contribution in [-0.4, -0.2) is 23.4 Å². The predicted octanol–water partition coefficient (Wildman–Crippen LogP) is 3.04. The number of hydrogen-bond acceptors (Lipinski definition) is 3. The van der Waals surface area contributed by atoms with Gasteiger partial charge < -0.3 is 9.30 Å². The third-order valence-electron chi connectivity index (χ3n) is 3.68. The van der Waals surface area contributed by atoms with E-state index in [1.807, 2.05) is 35.9 Å². The zero-order chi connectivity index (χ0) is 14.7. The normalized spacial score (nSPS) is 12.3. The lowest BCUT2D eigenvalue weighted by molar-refractivity contribution is -0.121. The number of benzene rings is 1. The Balaban J connectivity index is 2.39. The van der Waals surface area contributed by atoms with Gasteiger partial charge in [-0.25, -0.2) is 4.79 Å². The number of nitrogens with zero attached hydrogens (tertiary/aromatic N) is 1. The fourth-order valence-electron chi connectivity index (χ4n) is 2.37. The maximum absolute atomic E-state index is 11.6. The largest absolute Gasteiger partial charge is 0.465 e. The van der Waals surface area contributed by atoms with Crippen molar-refractivity contribution in [3.8, 4) is 0 Å². The van der Waals surface area contributed by atoms with Gasteiger partial charge in [-0.15, -0.1) is 0 Å². The van der Waals surface area contributed by atoms with Gasteiger partial charge in [-0.2, -0.15) is 0 Å². The lowest BCUT2D eigenvalue weighted by atomic mass is 10.0. The van der Waals surface area contributed by atoms with E-state index in [4.69, 9.17) is 4.74 Å². The van der Waals surface area contributed by atoms with E-state index in [2.05, 4.69) is 0 Å². The molecule has 0 bridgehead atoms. The van der Waals surface area contributed by atoms with Gasteiger partial charge in [0.1, 0.15) is 5.78 Å². The maximum atomic E-state index is 11.6. The number of ether oxygens (including phenoxy) is 1. The molecule has 4 heteroatoms. The van der Waals surface area contributed by atoms with Gasteiger partial charge in [-0.1, -0.05) is 13.0 Å². The standard InChI is InChI=1S/C16H19NO3/c1-4-12(11(2)18)10-17-8-7-13-5-6-14(9-15(13)17)16(19)20-3/h5-9,12H,4,10H2,1-3H3. The number of carbonyl (C=O) groups is 2. The van der Waals surface area contributed by atoms with Crippen LogP contribution in [-0.2, 0) is 16.1 Å². The molecule has 0 aliphatic rings. The number of fused-ring (bicyclic) bond motifs is 1. The molecular weight excluding hydrogens is 254 g/mol. The Hall–Kier alpha value is -2.10. The number of rotatable bonds is 5. The topological polar surface area (TPSA) is 48.3 Å². The number of hydrogen-bond donors (Lipinski definition) is 0. The van der Waals surface area contributed by atoms with Crippen LogP contribution in [0, 0.1) is 5.92 Å². The minimum Gasteiger partial charge on any atom is -0.465 e. The Labute approximate surface area is 118 Å². The van der Waals surface area contributed by atoms with Gasteiger partial charge in [0.15, 0.2) is 0 Å². The van der Waals surface area contributed by atoms with E-state index in [0.717, 1.165) is 17.3 Å². The van der Waals surface area contributed by atoms with E-state index >= 15 is 0 Å². The molecule has 0 fully saturated rings. The molecular formula is C16H19NO3. The number of Topliss-reactive ketones (excluding diaryl/α,β-unsaturated/α-hetero) is 1. The average molecular weight is 273 g/mol. The Kier molecular flexibility index (Phi) is 4.23. The fourth-order valence-corrected chi connectivity index (χ4v) is 2.37. The van der Waals surface area contributed by atoms with Crippen molar-refractivity contribution >= 4 is 22.7 Å². The summed E-state index contributed by atoms with van der Waals surface area (Å²) in [5.41, 5.74) is 1.48. The molecule has 106 valence electrons. The molecule has 0 aliphatic carbocycles. The summed E-state index contributed by atoms with van der Waals surface area (Å²) in [6.45, 7) is 4.28. The van der Waals surface area contributed by atoms with Crippen molar-refractivity contribution in [2.75, 3.05) is 7.11 Å². The van der Waals surface area contributed by atoms with Crippen LogP contribution >= 0.6 is 0 Å². The van der Waals surface area contributed by atoms with E-state index in [1.165, 1.54) is 7.11 Å². The molecule has 0 spiro atoms. The highest BCUT2D eigenvalue weighted by molar-refractivity contribution is 5.94. The second-order valence-corrected chi connectivity index (χ2v) is 4.95. The molecule has 1 atom stereocenters. The average Bonchev–Trinajstić information content (AvgIpc) is 2.85. The third-order valence-corrected chi connectivity index (χ3v) is 3.68. The molecule has 0 saturated heterocycles. The van der Waals surface area contributed by atoms with Gasteiger partial charge in [0, 0.05) is 24.2 Å². The number of ketones is 1. The van der Waals surface area contributed by atoms with Crippen molar-refractivity contribution < 1.29 is 14.3 Å². The minimum absolute atomic E-state index is 0.00684. The van der Waals surface area contributed by atoms with Crippen molar-refractivity contribution in [3.63, 3.8) is 0 Å². The Bertz CT molecular complexity index is 642. The molecule has 2 rings (SSSR count). The summed E-state index contributed by atoms with van der Waals surface area (Å²) in [4.78, 5) is 23.2. The first-order valence-corrected chi connectivity index (χ1v) is 6.74. The maximum Gasteiger partial charge on any atom is 0.337 e. The van der Waals surface area contributed by atoms with Crippen LogP contribution in [0.5, 0.6) is 0 Å². The highest BCUT2D eigenvalue weighted by Crippen LogP contribution is 2.20. The summed E-state index contributed by atoms with van der Waals surface area (Å²) in [5.74, 6) is -0.149. The Morgan fingerprint density at radius 2 is 2.05 bits per heavy atom. The van der Waals surface area contributed by atoms with Crippen LogP contribution in [0.25, 0.3) is 10.9 Å². The van der Waals surface area contributed by atoms with Crippen LogP contribution in [0.15, 0.2) is 30.5 Å². The van der Waals surface area contributed by atoms with Crippen molar-refractivity contribution in [2.24, 2.45) is 5.92 Å². The van der Waals surface area contributed by atoms with E-state index in [9.17, 15) is 9.59 Å². The summed E-state index contributed by atoms with van der Waals surface area (Å²) in [6, 6.07) is 7.45. The molecule has 0 radical (unpaired) electrons. The van der Waals surface area contributed by atoms with Crippen molar-refractivity contribution in [3.05, 3.63) is 36.0 Å². The number of carbonyl (C=O) groups excluding carboxylic acids is 2. The van der Waals surface area contributed by atoms with E-state index < -0.39 is 0 Å². The van der Waals surface area contributed by atoms with Gasteiger partial charge in [-0.3, -0.25) is 4.79 Å². The number of esters is 1. The molecule has 0 saturated carbocycles. The zero-order valence-electron chi connectivity index (χ0n) is 12.1. The van der Waals surface area contributed by atoms with Crippen molar-refractivity contribution in [1.29, 1.82) is 0 Å². The smallest absolute Gasteiger partial charge is 0.337 e. The minimum atomic E-state index is -0.349. The van der Waals surface area contributed by atoms with Crippen molar-refractivity contribution in [1.82, 2.24) is 4.57 Å². The second kappa shape index (κ2) is 5.90. The second-order valence-electron chi connectivity index (χ2n) is 4.95. The predicted molar refractivity (Wildman–Crippen MR) is 77.7 cm³/mol. The van der Waals surface area contributed by atoms with E-state index in [-0.39, 0.29) is 17.7 Å². The molecule has 4 nitrogen and oxygen atoms in total. The summed E-state index contributed by atoms with van der Waals surface area (Å²) >= 11 is 0. The van der Waals surface area contributed by atoms with Gasteiger partial charge in [0.25, 0.3) is 0 Å². The quantitative estimate of drug-likeness (QED) is 0.787. The van der Waals surface area contributed by atoms with Crippen LogP contribution in [0.3, 0.4) is 0 Å². The first-order chi connectivity index (χ1) is 9.56. The van der Waals surface area contributed by atoms with Gasteiger partial charge in [0.05, 0.1) is 12.7 Å². The summed E-state index contributed by atoms with van der Waals surface area (Å²) < 4.78 is 6.76. The van der Waals surface area contributed by atoms with Crippen molar-refractivity contribution in [2.45, 2.75) is 26.8 Å². The van der Waals surface area contributed by atoms with E-state index in [1.54, 1.807) is 13.0 Å². The number of methoxy groups -OCH3 is 1. The van der Waals surface area contributed by atoms with E-state index in [0.29, 0.717) is 12.1 Å². The lowest BCUT2D eigenvalue weighted by Gasteiger charge is -2.13. The van der Waals surface area contributed by atoms with Gasteiger partial charge in [0.2, 0.25) is 0 Å². The molecule has 0 aliphatic heterocycles. The summed E-state index contributed by atoms with van der Waals surface area (Å²) in [5, 5.41) is 1.05. The monoisotopic (exact) mass is 273 g/mol. The van der Waals surface area contributed by atoms with Crippen LogP contribution in [0.2, 0.25) is 0 Å². The third kappa shape index (κ3) is 2.74.